The molecule has 0 spiro atoms. The third-order valence-electron chi connectivity index (χ3n) is 2.50. The predicted molar refractivity (Wildman–Crippen MR) is 67.7 cm³/mol. The van der Waals surface area contributed by atoms with Gasteiger partial charge in [0, 0.05) is 7.11 Å². The van der Waals surface area contributed by atoms with E-state index in [0.29, 0.717) is 17.0 Å². The molecular weight excluding hydrogens is 238 g/mol. The summed E-state index contributed by atoms with van der Waals surface area (Å²) in [6, 6.07) is 0. The number of carboxylic acids is 1. The fourth-order valence-corrected chi connectivity index (χ4v) is 2.93. The topological polar surface area (TPSA) is 59.4 Å². The lowest BCUT2D eigenvalue weighted by atomic mass is 10.1. The number of hydrogen-bond acceptors (Lipinski definition) is 4. The average Bonchev–Trinajstić information content (AvgIpc) is 2.63. The fourth-order valence-electron chi connectivity index (χ4n) is 1.72. The molecule has 1 unspecified atom stereocenters. The van der Waals surface area contributed by atoms with Gasteiger partial charge in [0.15, 0.2) is 0 Å². The molecule has 0 aliphatic heterocycles. The highest BCUT2D eigenvalue weighted by Gasteiger charge is 2.23. The molecule has 0 aliphatic carbocycles. The number of hydrogen-bond donors (Lipinski definition) is 1. The van der Waals surface area contributed by atoms with E-state index in [1.165, 1.54) is 11.3 Å². The zero-order valence-corrected chi connectivity index (χ0v) is 11.5. The van der Waals surface area contributed by atoms with Crippen LogP contribution in [0.1, 0.15) is 53.7 Å². The molecule has 0 aromatic carbocycles. The van der Waals surface area contributed by atoms with Crippen molar-refractivity contribution in [1.29, 1.82) is 0 Å². The number of aromatic nitrogens is 1. The molecule has 96 valence electrons. The smallest absolute Gasteiger partial charge is 0.347 e. The van der Waals surface area contributed by atoms with Crippen LogP contribution < -0.4 is 0 Å². The molecule has 0 fully saturated rings. The van der Waals surface area contributed by atoms with Crippen molar-refractivity contribution in [3.8, 4) is 0 Å². The van der Waals surface area contributed by atoms with Gasteiger partial charge in [-0.1, -0.05) is 27.2 Å². The highest BCUT2D eigenvalue weighted by Crippen LogP contribution is 2.31. The van der Waals surface area contributed by atoms with Gasteiger partial charge in [0.2, 0.25) is 0 Å². The normalized spacial score (nSPS) is 13.0. The zero-order valence-electron chi connectivity index (χ0n) is 10.7. The SMILES string of the molecule is CCCc1nc(C(OC)C(C)C)sc1C(=O)O. The summed E-state index contributed by atoms with van der Waals surface area (Å²) in [5.74, 6) is -0.613. The Labute approximate surface area is 106 Å². The molecule has 0 amide bonds. The molecule has 4 nitrogen and oxygen atoms in total. The predicted octanol–water partition coefficient (Wildman–Crippen LogP) is 3.14. The molecular formula is C12H19NO3S. The quantitative estimate of drug-likeness (QED) is 0.850. The maximum Gasteiger partial charge on any atom is 0.347 e. The van der Waals surface area contributed by atoms with Crippen molar-refractivity contribution >= 4 is 17.3 Å². The van der Waals surface area contributed by atoms with Crippen molar-refractivity contribution in [2.45, 2.75) is 39.7 Å². The molecule has 1 atom stereocenters. The Hall–Kier alpha value is -0.940. The summed E-state index contributed by atoms with van der Waals surface area (Å²) in [5.41, 5.74) is 0.683. The van der Waals surface area contributed by atoms with E-state index in [9.17, 15) is 4.79 Å². The number of aryl methyl sites for hydroxylation is 1. The van der Waals surface area contributed by atoms with E-state index in [4.69, 9.17) is 9.84 Å². The minimum atomic E-state index is -0.893. The van der Waals surface area contributed by atoms with Crippen LogP contribution in [-0.2, 0) is 11.2 Å². The van der Waals surface area contributed by atoms with Crippen LogP contribution in [0.2, 0.25) is 0 Å². The number of methoxy groups -OCH3 is 1. The van der Waals surface area contributed by atoms with Gasteiger partial charge in [0.25, 0.3) is 0 Å². The van der Waals surface area contributed by atoms with Crippen molar-refractivity contribution in [3.05, 3.63) is 15.6 Å². The molecule has 0 aliphatic rings. The Balaban J connectivity index is 3.09. The molecule has 0 bridgehead atoms. The Kier molecular flexibility index (Phi) is 5.08. The number of thiazole rings is 1. The third-order valence-corrected chi connectivity index (χ3v) is 3.64. The minimum absolute atomic E-state index is 0.122. The molecule has 1 aromatic heterocycles. The average molecular weight is 257 g/mol. The van der Waals surface area contributed by atoms with E-state index >= 15 is 0 Å². The van der Waals surface area contributed by atoms with Gasteiger partial charge in [-0.15, -0.1) is 11.3 Å². The maximum atomic E-state index is 11.1. The highest BCUT2D eigenvalue weighted by molar-refractivity contribution is 7.13. The van der Waals surface area contributed by atoms with E-state index in [1.54, 1.807) is 7.11 Å². The van der Waals surface area contributed by atoms with Gasteiger partial charge < -0.3 is 9.84 Å². The first-order valence-electron chi connectivity index (χ1n) is 5.76. The molecule has 0 radical (unpaired) electrons. The second kappa shape index (κ2) is 6.12. The summed E-state index contributed by atoms with van der Waals surface area (Å²) in [5, 5.41) is 9.90. The van der Waals surface area contributed by atoms with Crippen molar-refractivity contribution in [1.82, 2.24) is 4.98 Å². The van der Waals surface area contributed by atoms with Crippen molar-refractivity contribution < 1.29 is 14.6 Å². The first-order chi connectivity index (χ1) is 8.01. The number of aromatic carboxylic acids is 1. The summed E-state index contributed by atoms with van der Waals surface area (Å²) in [7, 11) is 1.63. The van der Waals surface area contributed by atoms with Gasteiger partial charge in [0.1, 0.15) is 16.0 Å². The monoisotopic (exact) mass is 257 g/mol. The molecule has 17 heavy (non-hydrogen) atoms. The van der Waals surface area contributed by atoms with Crippen LogP contribution in [-0.4, -0.2) is 23.2 Å². The third kappa shape index (κ3) is 3.26. The molecule has 0 saturated carbocycles. The minimum Gasteiger partial charge on any atom is -0.477 e. The van der Waals surface area contributed by atoms with Gasteiger partial charge >= 0.3 is 5.97 Å². The largest absolute Gasteiger partial charge is 0.477 e. The van der Waals surface area contributed by atoms with Crippen LogP contribution in [0, 0.1) is 5.92 Å². The first kappa shape index (κ1) is 14.1. The van der Waals surface area contributed by atoms with Crippen molar-refractivity contribution in [3.63, 3.8) is 0 Å². The van der Waals surface area contributed by atoms with E-state index in [-0.39, 0.29) is 12.0 Å². The van der Waals surface area contributed by atoms with E-state index in [0.717, 1.165) is 11.4 Å². The Morgan fingerprint density at radius 2 is 2.18 bits per heavy atom. The van der Waals surface area contributed by atoms with Gasteiger partial charge in [-0.2, -0.15) is 0 Å². The summed E-state index contributed by atoms with van der Waals surface area (Å²) >= 11 is 1.23. The van der Waals surface area contributed by atoms with E-state index in [2.05, 4.69) is 4.98 Å². The Morgan fingerprint density at radius 3 is 2.59 bits per heavy atom. The Morgan fingerprint density at radius 1 is 1.53 bits per heavy atom. The number of carboxylic acid groups (broad SMARTS) is 1. The standard InChI is InChI=1S/C12H19NO3S/c1-5-6-8-10(12(14)15)17-11(13-8)9(16-4)7(2)3/h7,9H,5-6H2,1-4H3,(H,14,15). The number of rotatable bonds is 6. The van der Waals surface area contributed by atoms with Gasteiger partial charge in [-0.25, -0.2) is 9.78 Å². The molecule has 1 rings (SSSR count). The lowest BCUT2D eigenvalue weighted by molar-refractivity contribution is 0.0643. The molecule has 0 saturated heterocycles. The summed E-state index contributed by atoms with van der Waals surface area (Å²) < 4.78 is 5.38. The van der Waals surface area contributed by atoms with E-state index < -0.39 is 5.97 Å². The van der Waals surface area contributed by atoms with E-state index in [1.807, 2.05) is 20.8 Å². The summed E-state index contributed by atoms with van der Waals surface area (Å²) in [4.78, 5) is 15.9. The van der Waals surface area contributed by atoms with Crippen molar-refractivity contribution in [2.24, 2.45) is 5.92 Å². The molecule has 5 heteroatoms. The molecule has 1 heterocycles. The van der Waals surface area contributed by atoms with Crippen LogP contribution in [0.15, 0.2) is 0 Å². The van der Waals surface area contributed by atoms with Crippen LogP contribution in [0.25, 0.3) is 0 Å². The van der Waals surface area contributed by atoms with Crippen LogP contribution in [0.5, 0.6) is 0 Å². The maximum absolute atomic E-state index is 11.1. The van der Waals surface area contributed by atoms with Crippen LogP contribution in [0.3, 0.4) is 0 Å². The second-order valence-electron chi connectivity index (χ2n) is 4.28. The fraction of sp³-hybridized carbons (Fsp3) is 0.667. The summed E-state index contributed by atoms with van der Waals surface area (Å²) in [6.45, 7) is 6.09. The lowest BCUT2D eigenvalue weighted by Crippen LogP contribution is -2.08. The van der Waals surface area contributed by atoms with Gasteiger partial charge in [-0.3, -0.25) is 0 Å². The lowest BCUT2D eigenvalue weighted by Gasteiger charge is -2.15. The summed E-state index contributed by atoms with van der Waals surface area (Å²) in [6.07, 6.45) is 1.47. The van der Waals surface area contributed by atoms with Crippen molar-refractivity contribution in [2.75, 3.05) is 7.11 Å². The number of nitrogens with zero attached hydrogens (tertiary/aromatic N) is 1. The Bertz CT molecular complexity index is 387. The number of ether oxygens (including phenoxy) is 1. The van der Waals surface area contributed by atoms with Crippen LogP contribution in [0.4, 0.5) is 0 Å². The number of carbonyl (C=O) groups is 1. The molecule has 1 N–H and O–H groups in total. The zero-order chi connectivity index (χ0) is 13.0. The van der Waals surface area contributed by atoms with Crippen LogP contribution >= 0.6 is 11.3 Å². The van der Waals surface area contributed by atoms with Gasteiger partial charge in [0.05, 0.1) is 5.69 Å². The highest BCUT2D eigenvalue weighted by atomic mass is 32.1. The first-order valence-corrected chi connectivity index (χ1v) is 6.58. The second-order valence-corrected chi connectivity index (χ2v) is 5.31. The molecule has 1 aromatic rings. The van der Waals surface area contributed by atoms with Gasteiger partial charge in [-0.05, 0) is 12.3 Å².